The van der Waals surface area contributed by atoms with E-state index in [1.807, 2.05) is 38.4 Å². The number of hydrogen-bond donors (Lipinski definition) is 0. The van der Waals surface area contributed by atoms with Crippen LogP contribution in [0.25, 0.3) is 10.6 Å². The number of benzene rings is 2. The van der Waals surface area contributed by atoms with Gasteiger partial charge in [-0.1, -0.05) is 47.5 Å². The topological polar surface area (TPSA) is 28.2 Å². The molecular weight excluding hydrogens is 494 g/mol. The smallest absolute Gasteiger partial charge is 1.00 e. The van der Waals surface area contributed by atoms with Crippen LogP contribution in [0.3, 0.4) is 0 Å². The first-order valence-electron chi connectivity index (χ1n) is 6.83. The van der Waals surface area contributed by atoms with E-state index in [0.717, 1.165) is 11.4 Å². The number of rotatable bonds is 2. The van der Waals surface area contributed by atoms with Crippen molar-refractivity contribution in [2.24, 2.45) is 0 Å². The fraction of sp³-hybridized carbons (Fsp3) is 0.333. The molecule has 2 aromatic rings. The molecule has 0 heterocycles. The average molecular weight is 518 g/mol. The summed E-state index contributed by atoms with van der Waals surface area (Å²) in [5.41, 5.74) is 7.38. The van der Waals surface area contributed by atoms with Gasteiger partial charge in [0.05, 0.1) is 0 Å². The van der Waals surface area contributed by atoms with E-state index in [2.05, 4.69) is 50.5 Å². The summed E-state index contributed by atoms with van der Waals surface area (Å²) in [7, 11) is 3.64. The van der Waals surface area contributed by atoms with Gasteiger partial charge in [-0.25, -0.2) is 0 Å². The zero-order valence-corrected chi connectivity index (χ0v) is 19.7. The van der Waals surface area contributed by atoms with Gasteiger partial charge in [-0.05, 0) is 38.8 Å². The van der Waals surface area contributed by atoms with E-state index in [9.17, 15) is 0 Å². The molecule has 0 bridgehead atoms. The summed E-state index contributed by atoms with van der Waals surface area (Å²) in [6.07, 6.45) is 0. The molecule has 0 saturated carbocycles. The van der Waals surface area contributed by atoms with Crippen LogP contribution in [0.2, 0.25) is 0 Å². The molecule has 2 rings (SSSR count). The molecule has 0 radical (unpaired) electrons. The second-order valence-electron chi connectivity index (χ2n) is 4.89. The van der Waals surface area contributed by atoms with Crippen LogP contribution >= 0.6 is 0 Å². The van der Waals surface area contributed by atoms with Crippen LogP contribution in [-0.4, -0.2) is 14.1 Å². The van der Waals surface area contributed by atoms with E-state index < -0.39 is 0 Å². The van der Waals surface area contributed by atoms with E-state index in [4.69, 9.17) is 0 Å². The Labute approximate surface area is 172 Å². The summed E-state index contributed by atoms with van der Waals surface area (Å²) in [4.78, 5) is 0. The summed E-state index contributed by atoms with van der Waals surface area (Å²) in [6.45, 7) is 8.39. The molecule has 0 spiro atoms. The van der Waals surface area contributed by atoms with Gasteiger partial charge in [0.2, 0.25) is 0 Å². The fourth-order valence-corrected chi connectivity index (χ4v) is 1.96. The minimum absolute atomic E-state index is 0. The maximum absolute atomic E-state index is 4.13. The Kier molecular flexibility index (Phi) is 16.5. The summed E-state index contributed by atoms with van der Waals surface area (Å²) in [5, 5.41) is 8.26. The van der Waals surface area contributed by atoms with Crippen LogP contribution in [0.1, 0.15) is 22.3 Å². The first-order chi connectivity index (χ1) is 9.51. The second kappa shape index (κ2) is 13.9. The molecular formula is C18H24Cl2HfN2. The molecule has 0 saturated heterocycles. The average Bonchev–Trinajstić information content (AvgIpc) is 2.45. The van der Waals surface area contributed by atoms with E-state index in [0.29, 0.717) is 0 Å². The number of hydrogen-bond acceptors (Lipinski definition) is 0. The molecule has 0 fully saturated rings. The molecule has 124 valence electrons. The van der Waals surface area contributed by atoms with E-state index in [-0.39, 0.29) is 50.7 Å². The van der Waals surface area contributed by atoms with Crippen molar-refractivity contribution in [3.63, 3.8) is 0 Å². The largest absolute Gasteiger partial charge is 4.00 e. The van der Waals surface area contributed by atoms with Gasteiger partial charge in [0.1, 0.15) is 0 Å². The Bertz CT molecular complexity index is 523. The Balaban J connectivity index is -0.000000308. The van der Waals surface area contributed by atoms with Crippen molar-refractivity contribution in [3.05, 3.63) is 69.3 Å². The van der Waals surface area contributed by atoms with Gasteiger partial charge in [-0.2, -0.15) is 0 Å². The summed E-state index contributed by atoms with van der Waals surface area (Å²) >= 11 is 0. The van der Waals surface area contributed by atoms with Gasteiger partial charge in [-0.3, -0.25) is 0 Å². The maximum Gasteiger partial charge on any atom is 4.00 e. The molecule has 0 aliphatic carbocycles. The van der Waals surface area contributed by atoms with Gasteiger partial charge in [0.15, 0.2) is 0 Å². The fourth-order valence-electron chi connectivity index (χ4n) is 1.96. The van der Waals surface area contributed by atoms with Crippen molar-refractivity contribution in [1.29, 1.82) is 0 Å². The Hall–Kier alpha value is -0.510. The number of nitrogens with zero attached hydrogens (tertiary/aromatic N) is 2. The summed E-state index contributed by atoms with van der Waals surface area (Å²) in [5.74, 6) is 0. The van der Waals surface area contributed by atoms with Crippen molar-refractivity contribution in [2.45, 2.75) is 27.7 Å². The predicted molar refractivity (Wildman–Crippen MR) is 89.7 cm³/mol. The molecule has 0 atom stereocenters. The van der Waals surface area contributed by atoms with Crippen molar-refractivity contribution in [3.8, 4) is 0 Å². The van der Waals surface area contributed by atoms with Crippen LogP contribution in [0.5, 0.6) is 0 Å². The van der Waals surface area contributed by atoms with Crippen molar-refractivity contribution < 1.29 is 50.7 Å². The zero-order chi connectivity index (χ0) is 15.1. The molecule has 2 aromatic carbocycles. The van der Waals surface area contributed by atoms with E-state index >= 15 is 0 Å². The second-order valence-corrected chi connectivity index (χ2v) is 4.89. The van der Waals surface area contributed by atoms with Crippen LogP contribution < -0.4 is 24.8 Å². The van der Waals surface area contributed by atoms with E-state index in [1.54, 1.807) is 0 Å². The number of halogens is 2. The Morgan fingerprint density at radius 3 is 1.13 bits per heavy atom. The van der Waals surface area contributed by atoms with Crippen LogP contribution in [0, 0.1) is 27.7 Å². The zero-order valence-electron chi connectivity index (χ0n) is 14.6. The normalized spacial score (nSPS) is 8.26. The third-order valence-electron chi connectivity index (χ3n) is 3.63. The van der Waals surface area contributed by atoms with Gasteiger partial charge in [0, 0.05) is 0 Å². The molecule has 2 nitrogen and oxygen atoms in total. The Morgan fingerprint density at radius 2 is 0.913 bits per heavy atom. The first kappa shape index (κ1) is 27.3. The van der Waals surface area contributed by atoms with Gasteiger partial charge >= 0.3 is 25.8 Å². The summed E-state index contributed by atoms with van der Waals surface area (Å²) < 4.78 is 0. The minimum atomic E-state index is 0. The van der Waals surface area contributed by atoms with Crippen LogP contribution in [0.4, 0.5) is 11.4 Å². The van der Waals surface area contributed by atoms with Gasteiger partial charge in [0.25, 0.3) is 0 Å². The van der Waals surface area contributed by atoms with Gasteiger partial charge in [-0.15, -0.1) is 25.5 Å². The van der Waals surface area contributed by atoms with Gasteiger partial charge < -0.3 is 35.4 Å². The third-order valence-corrected chi connectivity index (χ3v) is 3.63. The molecule has 0 aliphatic rings. The number of aryl methyl sites for hydroxylation is 2. The molecule has 23 heavy (non-hydrogen) atoms. The maximum atomic E-state index is 4.13. The molecule has 0 N–H and O–H groups in total. The van der Waals surface area contributed by atoms with Crippen LogP contribution in [0.15, 0.2) is 36.4 Å². The molecule has 0 aliphatic heterocycles. The van der Waals surface area contributed by atoms with Crippen LogP contribution in [-0.2, 0) is 25.8 Å². The standard InChI is InChI=1S/2C9H12N.2ClH.Hf/c2*1-7-5-4-6-9(10-3)8(7)2;;;/h2*4-6H,1-3H3;2*1H;/q2*-1;;;+4/p-2. The van der Waals surface area contributed by atoms with Crippen molar-refractivity contribution >= 4 is 11.4 Å². The monoisotopic (exact) mass is 518 g/mol. The molecule has 5 heteroatoms. The minimum Gasteiger partial charge on any atom is -1.00 e. The molecule has 0 aromatic heterocycles. The molecule has 0 amide bonds. The first-order valence-corrected chi connectivity index (χ1v) is 6.83. The third kappa shape index (κ3) is 8.23. The van der Waals surface area contributed by atoms with Crippen molar-refractivity contribution in [2.75, 3.05) is 14.1 Å². The van der Waals surface area contributed by atoms with Crippen molar-refractivity contribution in [1.82, 2.24) is 0 Å². The Morgan fingerprint density at radius 1 is 0.609 bits per heavy atom. The summed E-state index contributed by atoms with van der Waals surface area (Å²) in [6, 6.07) is 12.3. The molecule has 0 unspecified atom stereocenters. The van der Waals surface area contributed by atoms with E-state index in [1.165, 1.54) is 22.3 Å². The predicted octanol–water partition coefficient (Wildman–Crippen LogP) is -0.118. The quantitative estimate of drug-likeness (QED) is 0.497. The SMILES string of the molecule is C[N-]c1cccc(C)c1C.C[N-]c1cccc(C)c1C.[Cl-].[Cl-].[Hf+4].